The van der Waals surface area contributed by atoms with Crippen molar-refractivity contribution in [3.8, 4) is 0 Å². The fourth-order valence-electron chi connectivity index (χ4n) is 4.03. The van der Waals surface area contributed by atoms with Crippen LogP contribution in [0.15, 0.2) is 29.2 Å². The van der Waals surface area contributed by atoms with Gasteiger partial charge >= 0.3 is 6.18 Å². The summed E-state index contributed by atoms with van der Waals surface area (Å²) in [6.45, 7) is 4.21. The van der Waals surface area contributed by atoms with Gasteiger partial charge in [-0.3, -0.25) is 4.90 Å². The first-order chi connectivity index (χ1) is 12.7. The number of hydrogen-bond donors (Lipinski definition) is 1. The minimum atomic E-state index is -4.53. The molecule has 0 aromatic heterocycles. The van der Waals surface area contributed by atoms with Gasteiger partial charge in [-0.25, -0.2) is 0 Å². The third kappa shape index (κ3) is 4.91. The van der Waals surface area contributed by atoms with E-state index in [1.54, 1.807) is 6.26 Å². The van der Waals surface area contributed by atoms with Crippen LogP contribution in [0.25, 0.3) is 0 Å². The molecule has 27 heavy (non-hydrogen) atoms. The van der Waals surface area contributed by atoms with E-state index in [1.165, 1.54) is 0 Å². The van der Waals surface area contributed by atoms with Gasteiger partial charge in [0.15, 0.2) is 10.5 Å². The van der Waals surface area contributed by atoms with E-state index in [2.05, 4.69) is 9.80 Å². The summed E-state index contributed by atoms with van der Waals surface area (Å²) in [4.78, 5) is 5.38. The van der Waals surface area contributed by atoms with Crippen molar-refractivity contribution in [3.63, 3.8) is 0 Å². The highest BCUT2D eigenvalue weighted by atomic mass is 32.2. The van der Waals surface area contributed by atoms with Crippen molar-refractivity contribution in [1.29, 1.82) is 0 Å². The standard InChI is InChI=1S/C19H27F3N2O2S/c1-27(26)17-4-2-3-16(13-17)24-11-9-23(10-12-24)14-15-5-7-18(25,8-6-15)19(20,21)22/h2-4,13,15,25H,5-12,14H2,1H3. The third-order valence-electron chi connectivity index (χ3n) is 5.86. The average Bonchev–Trinajstić information content (AvgIpc) is 2.63. The number of benzene rings is 1. The Morgan fingerprint density at radius 2 is 1.81 bits per heavy atom. The number of rotatable bonds is 4. The van der Waals surface area contributed by atoms with Gasteiger partial charge in [-0.05, 0) is 54.9 Å². The lowest BCUT2D eigenvalue weighted by Crippen LogP contribution is -2.51. The fraction of sp³-hybridized carbons (Fsp3) is 0.684. The van der Waals surface area contributed by atoms with Gasteiger partial charge in [-0.1, -0.05) is 6.07 Å². The summed E-state index contributed by atoms with van der Waals surface area (Å²) in [5.74, 6) is 0.213. The van der Waals surface area contributed by atoms with Crippen LogP contribution in [-0.4, -0.2) is 65.3 Å². The molecule has 1 heterocycles. The summed E-state index contributed by atoms with van der Waals surface area (Å²) >= 11 is -1.01. The van der Waals surface area contributed by atoms with E-state index in [4.69, 9.17) is 0 Å². The van der Waals surface area contributed by atoms with Crippen molar-refractivity contribution in [2.75, 3.05) is 43.9 Å². The van der Waals surface area contributed by atoms with Gasteiger partial charge in [0, 0.05) is 44.5 Å². The van der Waals surface area contributed by atoms with Crippen LogP contribution in [0.2, 0.25) is 0 Å². The minimum absolute atomic E-state index is 0.192. The van der Waals surface area contributed by atoms with E-state index in [-0.39, 0.29) is 18.8 Å². The Kier molecular flexibility index (Phi) is 6.30. The Hall–Kier alpha value is -0.960. The second kappa shape index (κ2) is 8.19. The molecule has 152 valence electrons. The van der Waals surface area contributed by atoms with Crippen molar-refractivity contribution >= 4 is 16.9 Å². The number of aliphatic hydroxyl groups is 1. The first kappa shape index (κ1) is 20.8. The van der Waals surface area contributed by atoms with Gasteiger partial charge in [0.05, 0.1) is 0 Å². The van der Waals surface area contributed by atoms with E-state index in [1.807, 2.05) is 24.3 Å². The van der Waals surface area contributed by atoms with Gasteiger partial charge in [0.2, 0.25) is 0 Å². The lowest BCUT2D eigenvalue weighted by Gasteiger charge is -2.41. The molecule has 1 aromatic rings. The molecule has 3 rings (SSSR count). The largest absolute Gasteiger partial charge is 0.612 e. The number of hydrogen-bond acceptors (Lipinski definition) is 4. The van der Waals surface area contributed by atoms with Gasteiger partial charge in [-0.2, -0.15) is 13.2 Å². The lowest BCUT2D eigenvalue weighted by molar-refractivity contribution is -0.272. The normalized spacial score (nSPS) is 29.0. The van der Waals surface area contributed by atoms with Crippen LogP contribution in [0.4, 0.5) is 18.9 Å². The number of piperazine rings is 1. The summed E-state index contributed by atoms with van der Waals surface area (Å²) in [5.41, 5.74) is -1.43. The molecule has 1 saturated heterocycles. The first-order valence-electron chi connectivity index (χ1n) is 9.38. The molecular formula is C19H27F3N2O2S. The Morgan fingerprint density at radius 1 is 1.19 bits per heavy atom. The number of halogens is 3. The molecule has 1 aliphatic heterocycles. The molecule has 8 heteroatoms. The topological polar surface area (TPSA) is 49.8 Å². The minimum Gasteiger partial charge on any atom is -0.612 e. The van der Waals surface area contributed by atoms with Crippen molar-refractivity contribution < 1.29 is 22.8 Å². The van der Waals surface area contributed by atoms with Crippen LogP contribution in [0.1, 0.15) is 25.7 Å². The summed E-state index contributed by atoms with van der Waals surface area (Å²) in [7, 11) is 0. The third-order valence-corrected chi connectivity index (χ3v) is 6.78. The Morgan fingerprint density at radius 3 is 2.37 bits per heavy atom. The zero-order chi connectivity index (χ0) is 19.7. The molecule has 0 radical (unpaired) electrons. The SMILES string of the molecule is C[S+]([O-])c1cccc(N2CCN(CC3CCC(O)(C(F)(F)F)CC3)CC2)c1. The Labute approximate surface area is 161 Å². The van der Waals surface area contributed by atoms with Gasteiger partial charge in [-0.15, -0.1) is 0 Å². The maximum Gasteiger partial charge on any atom is 0.417 e. The van der Waals surface area contributed by atoms with E-state index in [0.717, 1.165) is 43.3 Å². The van der Waals surface area contributed by atoms with Crippen LogP contribution < -0.4 is 4.90 Å². The predicted molar refractivity (Wildman–Crippen MR) is 100 cm³/mol. The molecule has 2 fully saturated rings. The molecule has 2 aliphatic rings. The van der Waals surface area contributed by atoms with Crippen molar-refractivity contribution in [2.45, 2.75) is 42.4 Å². The summed E-state index contributed by atoms with van der Waals surface area (Å²) in [6.07, 6.45) is -2.41. The second-order valence-corrected chi connectivity index (χ2v) is 9.09. The Bertz CT molecular complexity index is 626. The van der Waals surface area contributed by atoms with E-state index >= 15 is 0 Å². The quantitative estimate of drug-likeness (QED) is 0.784. The van der Waals surface area contributed by atoms with Crippen LogP contribution in [0.5, 0.6) is 0 Å². The van der Waals surface area contributed by atoms with E-state index in [0.29, 0.717) is 12.8 Å². The van der Waals surface area contributed by atoms with E-state index in [9.17, 15) is 22.8 Å². The average molecular weight is 404 g/mol. The van der Waals surface area contributed by atoms with E-state index < -0.39 is 23.0 Å². The van der Waals surface area contributed by atoms with Crippen LogP contribution in [0, 0.1) is 5.92 Å². The number of anilines is 1. The lowest BCUT2D eigenvalue weighted by atomic mass is 9.78. The highest BCUT2D eigenvalue weighted by molar-refractivity contribution is 7.90. The smallest absolute Gasteiger partial charge is 0.417 e. The van der Waals surface area contributed by atoms with Crippen molar-refractivity contribution in [3.05, 3.63) is 24.3 Å². The van der Waals surface area contributed by atoms with Crippen LogP contribution >= 0.6 is 0 Å². The molecule has 1 aromatic carbocycles. The van der Waals surface area contributed by atoms with Gasteiger partial charge in [0.25, 0.3) is 0 Å². The molecule has 0 amide bonds. The van der Waals surface area contributed by atoms with Gasteiger partial charge < -0.3 is 14.6 Å². The second-order valence-electron chi connectivity index (χ2n) is 7.71. The van der Waals surface area contributed by atoms with Crippen molar-refractivity contribution in [2.24, 2.45) is 5.92 Å². The molecule has 1 atom stereocenters. The van der Waals surface area contributed by atoms with Crippen LogP contribution in [-0.2, 0) is 11.2 Å². The molecule has 1 saturated carbocycles. The summed E-state index contributed by atoms with van der Waals surface area (Å²) in [6, 6.07) is 7.76. The molecule has 0 bridgehead atoms. The molecule has 1 unspecified atom stereocenters. The summed E-state index contributed by atoms with van der Waals surface area (Å²) in [5, 5.41) is 9.79. The summed E-state index contributed by atoms with van der Waals surface area (Å²) < 4.78 is 50.4. The maximum absolute atomic E-state index is 12.9. The Balaban J connectivity index is 1.47. The zero-order valence-electron chi connectivity index (χ0n) is 15.5. The first-order valence-corrected chi connectivity index (χ1v) is 10.9. The molecular weight excluding hydrogens is 377 g/mol. The van der Waals surface area contributed by atoms with Crippen molar-refractivity contribution in [1.82, 2.24) is 4.90 Å². The van der Waals surface area contributed by atoms with Gasteiger partial charge in [0.1, 0.15) is 6.26 Å². The monoisotopic (exact) mass is 404 g/mol. The maximum atomic E-state index is 12.9. The van der Waals surface area contributed by atoms with Crippen LogP contribution in [0.3, 0.4) is 0 Å². The predicted octanol–water partition coefficient (Wildman–Crippen LogP) is 3.03. The molecule has 1 N–H and O–H groups in total. The zero-order valence-corrected chi connectivity index (χ0v) is 16.4. The highest BCUT2D eigenvalue weighted by Crippen LogP contribution is 2.43. The highest BCUT2D eigenvalue weighted by Gasteiger charge is 2.54. The molecule has 4 nitrogen and oxygen atoms in total. The molecule has 1 aliphatic carbocycles. The fourth-order valence-corrected chi connectivity index (χ4v) is 4.59. The molecule has 0 spiro atoms. The number of nitrogens with zero attached hydrogens (tertiary/aromatic N) is 2. The number of alkyl halides is 3.